The minimum Gasteiger partial charge on any atom is -0.379 e. The van der Waals surface area contributed by atoms with Gasteiger partial charge in [0.15, 0.2) is 0 Å². The lowest BCUT2D eigenvalue weighted by Gasteiger charge is -2.30. The van der Waals surface area contributed by atoms with Gasteiger partial charge in [-0.3, -0.25) is 24.4 Å². The molecule has 0 bridgehead atoms. The number of hydrogen-bond acceptors (Lipinski definition) is 7. The average Bonchev–Trinajstić information content (AvgIpc) is 3.08. The molecule has 0 saturated carbocycles. The van der Waals surface area contributed by atoms with Crippen LogP contribution in [0.3, 0.4) is 0 Å². The van der Waals surface area contributed by atoms with Crippen LogP contribution in [0.2, 0.25) is 0 Å². The lowest BCUT2D eigenvalue weighted by Crippen LogP contribution is -2.45. The molecule has 1 fully saturated rings. The number of nitrogens with one attached hydrogen (secondary N) is 2. The van der Waals surface area contributed by atoms with E-state index in [1.165, 1.54) is 6.20 Å². The molecule has 258 valence electrons. The molecule has 0 unspecified atom stereocenters. The number of amides is 2. The largest absolute Gasteiger partial charge is 0.379 e. The van der Waals surface area contributed by atoms with Crippen LogP contribution in [0.15, 0.2) is 85.3 Å². The molecule has 2 amide bonds. The Labute approximate surface area is 283 Å². The predicted molar refractivity (Wildman–Crippen MR) is 193 cm³/mol. The van der Waals surface area contributed by atoms with E-state index in [9.17, 15) is 9.59 Å². The molecule has 2 N–H and O–H groups in total. The number of nitrogens with zero attached hydrogens (tertiary/aromatic N) is 4. The Morgan fingerprint density at radius 3 is 1.87 bits per heavy atom. The molecule has 0 aromatic carbocycles. The first-order valence-corrected chi connectivity index (χ1v) is 17.3. The maximum absolute atomic E-state index is 12.4. The minimum atomic E-state index is -0.228. The van der Waals surface area contributed by atoms with E-state index in [1.54, 1.807) is 6.20 Å². The highest BCUT2D eigenvalue weighted by atomic mass is 16.5. The summed E-state index contributed by atoms with van der Waals surface area (Å²) in [4.78, 5) is 37.8. The van der Waals surface area contributed by atoms with Crippen LogP contribution in [0.25, 0.3) is 0 Å². The Balaban J connectivity index is 1.56. The number of morpholine rings is 1. The molecular formula is C38H58N6O3. The first-order valence-electron chi connectivity index (χ1n) is 17.3. The van der Waals surface area contributed by atoms with E-state index in [4.69, 9.17) is 4.74 Å². The van der Waals surface area contributed by atoms with Gasteiger partial charge in [0.25, 0.3) is 5.91 Å². The second kappa shape index (κ2) is 27.5. The number of aromatic nitrogens is 2. The van der Waals surface area contributed by atoms with Gasteiger partial charge in [-0.1, -0.05) is 79.8 Å². The maximum Gasteiger partial charge on any atom is 0.271 e. The second-order valence-corrected chi connectivity index (χ2v) is 11.4. The van der Waals surface area contributed by atoms with Gasteiger partial charge in [-0.25, -0.2) is 4.98 Å². The van der Waals surface area contributed by atoms with Crippen molar-refractivity contribution < 1.29 is 14.3 Å². The number of carbonyl (C=O) groups is 2. The van der Waals surface area contributed by atoms with Crippen molar-refractivity contribution in [3.05, 3.63) is 96.7 Å². The first kappa shape index (κ1) is 39.5. The Bertz CT molecular complexity index is 1150. The number of carbonyl (C=O) groups excluding carboxylic acids is 2. The fraction of sp³-hybridized carbons (Fsp3) is 0.526. The van der Waals surface area contributed by atoms with Crippen LogP contribution in [-0.2, 0) is 9.53 Å². The molecule has 2 heterocycles. The summed E-state index contributed by atoms with van der Waals surface area (Å²) in [6.07, 6.45) is 36.4. The van der Waals surface area contributed by atoms with E-state index < -0.39 is 0 Å². The van der Waals surface area contributed by atoms with Gasteiger partial charge in [-0.2, -0.15) is 0 Å². The molecule has 1 aliphatic heterocycles. The van der Waals surface area contributed by atoms with Crippen LogP contribution in [0.1, 0.15) is 74.5 Å². The van der Waals surface area contributed by atoms with Crippen molar-refractivity contribution in [2.24, 2.45) is 0 Å². The van der Waals surface area contributed by atoms with Gasteiger partial charge in [0.2, 0.25) is 5.91 Å². The molecule has 0 atom stereocenters. The average molecular weight is 647 g/mol. The van der Waals surface area contributed by atoms with E-state index in [0.717, 1.165) is 96.6 Å². The third kappa shape index (κ3) is 21.7. The highest BCUT2D eigenvalue weighted by molar-refractivity contribution is 5.91. The second-order valence-electron chi connectivity index (χ2n) is 11.4. The molecule has 0 aliphatic carbocycles. The maximum atomic E-state index is 12.4. The third-order valence-corrected chi connectivity index (χ3v) is 7.45. The first-order chi connectivity index (χ1) is 23.1. The van der Waals surface area contributed by atoms with Crippen molar-refractivity contribution in [1.82, 2.24) is 30.4 Å². The van der Waals surface area contributed by atoms with E-state index in [-0.39, 0.29) is 11.8 Å². The van der Waals surface area contributed by atoms with E-state index in [2.05, 4.69) is 110 Å². The molecule has 0 radical (unpaired) electrons. The van der Waals surface area contributed by atoms with Crippen LogP contribution in [0.4, 0.5) is 0 Å². The summed E-state index contributed by atoms with van der Waals surface area (Å²) in [6, 6.07) is 0. The number of aryl methyl sites for hydroxylation is 1. The SMILES string of the molecule is CCC=CCC=CCC=CCC=CCC=CCC=CCCC(=O)NCCN(CCNC(=O)c1cnc(C)cn1)CCN1CCOCC1. The van der Waals surface area contributed by atoms with Gasteiger partial charge in [-0.15, -0.1) is 0 Å². The van der Waals surface area contributed by atoms with Crippen molar-refractivity contribution >= 4 is 11.8 Å². The summed E-state index contributed by atoms with van der Waals surface area (Å²) in [5.74, 6) is -0.169. The molecule has 1 aliphatic rings. The van der Waals surface area contributed by atoms with Gasteiger partial charge in [0.1, 0.15) is 5.69 Å². The number of hydrogen-bond donors (Lipinski definition) is 2. The van der Waals surface area contributed by atoms with Crippen LogP contribution in [-0.4, -0.2) is 97.2 Å². The molecule has 1 saturated heterocycles. The molecule has 47 heavy (non-hydrogen) atoms. The highest BCUT2D eigenvalue weighted by Gasteiger charge is 2.14. The van der Waals surface area contributed by atoms with E-state index in [1.807, 2.05) is 6.92 Å². The summed E-state index contributed by atoms with van der Waals surface area (Å²) in [5, 5.41) is 5.99. The fourth-order valence-electron chi connectivity index (χ4n) is 4.67. The van der Waals surface area contributed by atoms with Gasteiger partial charge in [0.05, 0.1) is 25.1 Å². The topological polar surface area (TPSA) is 99.7 Å². The lowest BCUT2D eigenvalue weighted by atomic mass is 10.2. The predicted octanol–water partition coefficient (Wildman–Crippen LogP) is 5.74. The molecule has 9 nitrogen and oxygen atoms in total. The van der Waals surface area contributed by atoms with E-state index >= 15 is 0 Å². The Morgan fingerprint density at radius 1 is 0.766 bits per heavy atom. The quantitative estimate of drug-likeness (QED) is 0.138. The summed E-state index contributed by atoms with van der Waals surface area (Å²) in [6.45, 7) is 11.6. The minimum absolute atomic E-state index is 0.0592. The van der Waals surface area contributed by atoms with Gasteiger partial charge in [-0.05, 0) is 51.9 Å². The lowest BCUT2D eigenvalue weighted by molar-refractivity contribution is -0.121. The summed E-state index contributed by atoms with van der Waals surface area (Å²) in [5.41, 5.74) is 1.09. The van der Waals surface area contributed by atoms with Crippen molar-refractivity contribution in [2.75, 3.05) is 65.6 Å². The molecule has 9 heteroatoms. The smallest absolute Gasteiger partial charge is 0.271 e. The van der Waals surface area contributed by atoms with Gasteiger partial charge >= 0.3 is 0 Å². The van der Waals surface area contributed by atoms with E-state index in [0.29, 0.717) is 31.7 Å². The Morgan fingerprint density at radius 2 is 1.32 bits per heavy atom. The van der Waals surface area contributed by atoms with Crippen LogP contribution < -0.4 is 10.6 Å². The molecule has 0 spiro atoms. The zero-order valence-corrected chi connectivity index (χ0v) is 28.8. The monoisotopic (exact) mass is 646 g/mol. The molecular weight excluding hydrogens is 588 g/mol. The van der Waals surface area contributed by atoms with Crippen LogP contribution >= 0.6 is 0 Å². The van der Waals surface area contributed by atoms with Crippen LogP contribution in [0.5, 0.6) is 0 Å². The van der Waals surface area contributed by atoms with Gasteiger partial charge < -0.3 is 15.4 Å². The standard InChI is InChI=1S/C38H58N6O3/c1-3-4-5-6-7-8-9-10-11-12-13-14-15-16-17-18-19-20-21-22-37(45)39-23-25-43(27-28-44-29-31-47-32-30-44)26-24-40-38(46)36-34-41-35(2)33-42-36/h4-5,7-8,10-11,13-14,16-17,19-20,33-34H,3,6,9,12,15,18,21-32H2,1-2H3,(H,39,45)(H,40,46). The highest BCUT2D eigenvalue weighted by Crippen LogP contribution is 2.00. The summed E-state index contributed by atoms with van der Waals surface area (Å²) >= 11 is 0. The van der Waals surface area contributed by atoms with Crippen LogP contribution in [0, 0.1) is 6.92 Å². The van der Waals surface area contributed by atoms with Crippen molar-refractivity contribution in [2.45, 2.75) is 65.2 Å². The van der Waals surface area contributed by atoms with Crippen molar-refractivity contribution in [1.29, 1.82) is 0 Å². The zero-order valence-electron chi connectivity index (χ0n) is 28.8. The number of allylic oxidation sites excluding steroid dienone is 12. The number of rotatable bonds is 24. The molecule has 2 rings (SSSR count). The van der Waals surface area contributed by atoms with Gasteiger partial charge in [0, 0.05) is 65.0 Å². The molecule has 1 aromatic rings. The normalized spacial score (nSPS) is 14.7. The molecule has 1 aromatic heterocycles. The van der Waals surface area contributed by atoms with Crippen molar-refractivity contribution in [3.8, 4) is 0 Å². The number of ether oxygens (including phenoxy) is 1. The third-order valence-electron chi connectivity index (χ3n) is 7.45. The Kier molecular flexibility index (Phi) is 23.1. The fourth-order valence-corrected chi connectivity index (χ4v) is 4.67. The summed E-state index contributed by atoms with van der Waals surface area (Å²) < 4.78 is 5.46. The van der Waals surface area contributed by atoms with Crippen molar-refractivity contribution in [3.63, 3.8) is 0 Å². The zero-order chi connectivity index (χ0) is 33.6. The summed E-state index contributed by atoms with van der Waals surface area (Å²) in [7, 11) is 0. The Hall–Kier alpha value is -3.66.